The van der Waals surface area contributed by atoms with Crippen molar-refractivity contribution in [2.24, 2.45) is 0 Å². The first-order valence-electron chi connectivity index (χ1n) is 5.63. The SMILES string of the molecule is CCCCCc1cc(Br)c(OC)c(OC)c1. The highest BCUT2D eigenvalue weighted by Crippen LogP contribution is 2.36. The lowest BCUT2D eigenvalue weighted by Gasteiger charge is -2.11. The van der Waals surface area contributed by atoms with Crippen LogP contribution in [0, 0.1) is 0 Å². The zero-order valence-electron chi connectivity index (χ0n) is 10.2. The number of hydrogen-bond donors (Lipinski definition) is 0. The Bertz CT molecular complexity index is 337. The predicted octanol–water partition coefficient (Wildman–Crippen LogP) is 4.20. The van der Waals surface area contributed by atoms with Crippen LogP contribution in [0.2, 0.25) is 0 Å². The number of halogens is 1. The molecule has 0 heterocycles. The maximum absolute atomic E-state index is 5.31. The lowest BCUT2D eigenvalue weighted by molar-refractivity contribution is 0.352. The minimum atomic E-state index is 0.766. The van der Waals surface area contributed by atoms with Crippen molar-refractivity contribution in [1.29, 1.82) is 0 Å². The van der Waals surface area contributed by atoms with Gasteiger partial charge in [-0.15, -0.1) is 0 Å². The largest absolute Gasteiger partial charge is 0.493 e. The van der Waals surface area contributed by atoms with Crippen LogP contribution in [0.15, 0.2) is 16.6 Å². The first-order valence-corrected chi connectivity index (χ1v) is 6.42. The van der Waals surface area contributed by atoms with E-state index in [1.54, 1.807) is 14.2 Å². The highest BCUT2D eigenvalue weighted by Gasteiger charge is 2.09. The van der Waals surface area contributed by atoms with Crippen LogP contribution in [-0.2, 0) is 6.42 Å². The van der Waals surface area contributed by atoms with Gasteiger partial charge in [0.15, 0.2) is 11.5 Å². The molecule has 0 saturated heterocycles. The van der Waals surface area contributed by atoms with E-state index < -0.39 is 0 Å². The Kier molecular flexibility index (Phi) is 5.67. The third-order valence-corrected chi connectivity index (χ3v) is 3.15. The Balaban J connectivity index is 2.83. The maximum atomic E-state index is 5.31. The molecular weight excluding hydrogens is 268 g/mol. The topological polar surface area (TPSA) is 18.5 Å². The number of rotatable bonds is 6. The molecule has 0 saturated carbocycles. The summed E-state index contributed by atoms with van der Waals surface area (Å²) in [6.45, 7) is 2.21. The molecule has 0 bridgehead atoms. The molecule has 0 radical (unpaired) electrons. The van der Waals surface area contributed by atoms with Gasteiger partial charge in [0.2, 0.25) is 0 Å². The van der Waals surface area contributed by atoms with E-state index in [1.165, 1.54) is 24.8 Å². The third kappa shape index (κ3) is 3.41. The Morgan fingerprint density at radius 2 is 1.88 bits per heavy atom. The normalized spacial score (nSPS) is 10.2. The molecule has 0 spiro atoms. The summed E-state index contributed by atoms with van der Waals surface area (Å²) in [5.41, 5.74) is 1.29. The van der Waals surface area contributed by atoms with Gasteiger partial charge in [-0.25, -0.2) is 0 Å². The lowest BCUT2D eigenvalue weighted by atomic mass is 10.1. The molecule has 0 amide bonds. The summed E-state index contributed by atoms with van der Waals surface area (Å²) in [5.74, 6) is 1.56. The molecule has 0 fully saturated rings. The van der Waals surface area contributed by atoms with Crippen molar-refractivity contribution in [1.82, 2.24) is 0 Å². The van der Waals surface area contributed by atoms with Gasteiger partial charge in [-0.2, -0.15) is 0 Å². The van der Waals surface area contributed by atoms with E-state index in [9.17, 15) is 0 Å². The van der Waals surface area contributed by atoms with E-state index in [4.69, 9.17) is 9.47 Å². The summed E-state index contributed by atoms with van der Waals surface area (Å²) in [6.07, 6.45) is 4.83. The van der Waals surface area contributed by atoms with Gasteiger partial charge in [-0.3, -0.25) is 0 Å². The second-order valence-electron chi connectivity index (χ2n) is 3.77. The minimum absolute atomic E-state index is 0.766. The number of unbranched alkanes of at least 4 members (excludes halogenated alkanes) is 2. The second-order valence-corrected chi connectivity index (χ2v) is 4.62. The fourth-order valence-corrected chi connectivity index (χ4v) is 2.35. The van der Waals surface area contributed by atoms with E-state index in [-0.39, 0.29) is 0 Å². The third-order valence-electron chi connectivity index (χ3n) is 2.56. The van der Waals surface area contributed by atoms with Crippen LogP contribution in [0.1, 0.15) is 31.7 Å². The monoisotopic (exact) mass is 286 g/mol. The zero-order valence-corrected chi connectivity index (χ0v) is 11.8. The summed E-state index contributed by atoms with van der Waals surface area (Å²) in [4.78, 5) is 0. The minimum Gasteiger partial charge on any atom is -0.493 e. The highest BCUT2D eigenvalue weighted by molar-refractivity contribution is 9.10. The Morgan fingerprint density at radius 1 is 1.12 bits per heavy atom. The van der Waals surface area contributed by atoms with Crippen molar-refractivity contribution in [3.63, 3.8) is 0 Å². The van der Waals surface area contributed by atoms with Crippen LogP contribution in [0.4, 0.5) is 0 Å². The molecule has 0 atom stereocenters. The van der Waals surface area contributed by atoms with Gasteiger partial charge in [0.25, 0.3) is 0 Å². The predicted molar refractivity (Wildman–Crippen MR) is 70.5 cm³/mol. The molecule has 2 nitrogen and oxygen atoms in total. The number of hydrogen-bond acceptors (Lipinski definition) is 2. The quantitative estimate of drug-likeness (QED) is 0.730. The summed E-state index contributed by atoms with van der Waals surface area (Å²) >= 11 is 3.50. The standard InChI is InChI=1S/C13H19BrO2/c1-4-5-6-7-10-8-11(14)13(16-3)12(9-10)15-2/h8-9H,4-7H2,1-3H3. The Morgan fingerprint density at radius 3 is 2.44 bits per heavy atom. The van der Waals surface area contributed by atoms with E-state index in [2.05, 4.69) is 35.0 Å². The number of aryl methyl sites for hydroxylation is 1. The lowest BCUT2D eigenvalue weighted by Crippen LogP contribution is -1.94. The van der Waals surface area contributed by atoms with Crippen LogP contribution in [0.3, 0.4) is 0 Å². The molecule has 0 aromatic heterocycles. The van der Waals surface area contributed by atoms with E-state index in [1.807, 2.05) is 0 Å². The van der Waals surface area contributed by atoms with E-state index in [0.29, 0.717) is 0 Å². The van der Waals surface area contributed by atoms with E-state index in [0.717, 1.165) is 22.4 Å². The summed E-state index contributed by atoms with van der Waals surface area (Å²) < 4.78 is 11.5. The molecular formula is C13H19BrO2. The van der Waals surface area contributed by atoms with Crippen LogP contribution in [-0.4, -0.2) is 14.2 Å². The van der Waals surface area contributed by atoms with Crippen molar-refractivity contribution in [2.75, 3.05) is 14.2 Å². The van der Waals surface area contributed by atoms with Gasteiger partial charge in [0.1, 0.15) is 0 Å². The average Bonchev–Trinajstić information content (AvgIpc) is 2.28. The number of benzene rings is 1. The summed E-state index contributed by atoms with van der Waals surface area (Å²) in [7, 11) is 3.32. The van der Waals surface area contributed by atoms with E-state index >= 15 is 0 Å². The van der Waals surface area contributed by atoms with Crippen molar-refractivity contribution in [2.45, 2.75) is 32.6 Å². The Labute approximate surface area is 106 Å². The van der Waals surface area contributed by atoms with Crippen LogP contribution in [0.5, 0.6) is 11.5 Å². The molecule has 1 aromatic rings. The fraction of sp³-hybridized carbons (Fsp3) is 0.538. The van der Waals surface area contributed by atoms with Gasteiger partial charge in [0.05, 0.1) is 18.7 Å². The van der Waals surface area contributed by atoms with Gasteiger partial charge in [-0.1, -0.05) is 19.8 Å². The maximum Gasteiger partial charge on any atom is 0.174 e. The van der Waals surface area contributed by atoms with Gasteiger partial charge in [-0.05, 0) is 46.5 Å². The molecule has 0 unspecified atom stereocenters. The average molecular weight is 287 g/mol. The molecule has 0 aliphatic heterocycles. The molecule has 0 aliphatic carbocycles. The van der Waals surface area contributed by atoms with Crippen LogP contribution >= 0.6 is 15.9 Å². The fourth-order valence-electron chi connectivity index (χ4n) is 1.69. The molecule has 0 aliphatic rings. The van der Waals surface area contributed by atoms with Crippen molar-refractivity contribution in [3.8, 4) is 11.5 Å². The van der Waals surface area contributed by atoms with Gasteiger partial charge in [0, 0.05) is 0 Å². The molecule has 90 valence electrons. The number of methoxy groups -OCH3 is 2. The molecule has 3 heteroatoms. The van der Waals surface area contributed by atoms with Crippen molar-refractivity contribution >= 4 is 15.9 Å². The molecule has 1 rings (SSSR count). The van der Waals surface area contributed by atoms with Gasteiger partial charge < -0.3 is 9.47 Å². The van der Waals surface area contributed by atoms with Gasteiger partial charge >= 0.3 is 0 Å². The van der Waals surface area contributed by atoms with Crippen LogP contribution in [0.25, 0.3) is 0 Å². The number of ether oxygens (including phenoxy) is 2. The molecule has 0 N–H and O–H groups in total. The molecule has 1 aromatic carbocycles. The summed E-state index contributed by atoms with van der Waals surface area (Å²) in [5, 5.41) is 0. The first-order chi connectivity index (χ1) is 7.72. The first kappa shape index (κ1) is 13.4. The molecule has 16 heavy (non-hydrogen) atoms. The van der Waals surface area contributed by atoms with Crippen molar-refractivity contribution < 1.29 is 9.47 Å². The van der Waals surface area contributed by atoms with Crippen molar-refractivity contribution in [3.05, 3.63) is 22.2 Å². The van der Waals surface area contributed by atoms with Crippen LogP contribution < -0.4 is 9.47 Å². The second kappa shape index (κ2) is 6.79. The summed E-state index contributed by atoms with van der Waals surface area (Å²) in [6, 6.07) is 4.16. The zero-order chi connectivity index (χ0) is 12.0. The smallest absolute Gasteiger partial charge is 0.174 e. The highest BCUT2D eigenvalue weighted by atomic mass is 79.9. The Hall–Kier alpha value is -0.700.